The molecule has 0 fully saturated rings. The summed E-state index contributed by atoms with van der Waals surface area (Å²) in [7, 11) is 0. The average Bonchev–Trinajstić information content (AvgIpc) is 2.41. The van der Waals surface area contributed by atoms with E-state index in [0.29, 0.717) is 28.6 Å². The Morgan fingerprint density at radius 3 is 2.84 bits per heavy atom. The van der Waals surface area contributed by atoms with E-state index in [-0.39, 0.29) is 0 Å². The van der Waals surface area contributed by atoms with Crippen LogP contribution < -0.4 is 15.9 Å². The molecular weight excluding hydrogens is 262 g/mol. The first-order valence-corrected chi connectivity index (χ1v) is 6.16. The lowest BCUT2D eigenvalue weighted by Gasteiger charge is -2.09. The smallest absolute Gasteiger partial charge is 0.169 e. The zero-order chi connectivity index (χ0) is 13.8. The van der Waals surface area contributed by atoms with Crippen LogP contribution in [0.3, 0.4) is 0 Å². The molecule has 4 nitrogen and oxygen atoms in total. The van der Waals surface area contributed by atoms with Crippen LogP contribution in [0.5, 0.6) is 5.75 Å². The highest BCUT2D eigenvalue weighted by Gasteiger charge is 2.08. The summed E-state index contributed by atoms with van der Waals surface area (Å²) in [5, 5.41) is 5.90. The first-order valence-electron chi connectivity index (χ1n) is 5.78. The van der Waals surface area contributed by atoms with Crippen molar-refractivity contribution in [3.63, 3.8) is 0 Å². The van der Waals surface area contributed by atoms with Crippen molar-refractivity contribution in [2.24, 2.45) is 0 Å². The van der Waals surface area contributed by atoms with E-state index in [1.165, 1.54) is 6.21 Å². The Hall–Kier alpha value is -2.07. The fourth-order valence-electron chi connectivity index (χ4n) is 1.57. The van der Waals surface area contributed by atoms with Gasteiger partial charge in [-0.3, -0.25) is 10.4 Å². The van der Waals surface area contributed by atoms with E-state index in [0.717, 1.165) is 11.3 Å². The fraction of sp³-hybridized carbons (Fsp3) is 0.143. The SMILES string of the molecule is Cc1ccc(COc2cc(N)c(C=[NH2+])cc2Cl)nc1. The van der Waals surface area contributed by atoms with Gasteiger partial charge in [-0.25, -0.2) is 0 Å². The molecule has 1 aromatic carbocycles. The van der Waals surface area contributed by atoms with Crippen molar-refractivity contribution in [1.29, 1.82) is 0 Å². The number of nitrogens with two attached hydrogens (primary N) is 2. The molecule has 0 aliphatic carbocycles. The van der Waals surface area contributed by atoms with Crippen molar-refractivity contribution < 1.29 is 10.1 Å². The molecule has 0 aliphatic heterocycles. The largest absolute Gasteiger partial charge is 0.486 e. The number of rotatable bonds is 4. The standard InChI is InChI=1S/C14H14ClN3O/c1-9-2-3-11(18-7-9)8-19-14-5-13(17)10(6-16)4-12(14)15/h2-7,16H,8,17H2,1H3/p+1. The molecule has 98 valence electrons. The Morgan fingerprint density at radius 1 is 1.42 bits per heavy atom. The van der Waals surface area contributed by atoms with E-state index in [2.05, 4.69) is 4.98 Å². The van der Waals surface area contributed by atoms with Gasteiger partial charge in [-0.05, 0) is 24.6 Å². The van der Waals surface area contributed by atoms with Gasteiger partial charge in [0, 0.05) is 18.0 Å². The molecule has 19 heavy (non-hydrogen) atoms. The van der Waals surface area contributed by atoms with E-state index in [1.54, 1.807) is 18.3 Å². The van der Waals surface area contributed by atoms with Crippen LogP contribution in [0, 0.1) is 6.92 Å². The van der Waals surface area contributed by atoms with Crippen molar-refractivity contribution in [1.82, 2.24) is 4.98 Å². The molecular formula is C14H15ClN3O+. The van der Waals surface area contributed by atoms with Gasteiger partial charge >= 0.3 is 0 Å². The monoisotopic (exact) mass is 276 g/mol. The minimum absolute atomic E-state index is 0.338. The predicted octanol–water partition coefficient (Wildman–Crippen LogP) is 1.38. The average molecular weight is 277 g/mol. The molecule has 0 unspecified atom stereocenters. The lowest BCUT2D eigenvalue weighted by molar-refractivity contribution is -0.104. The maximum atomic E-state index is 6.10. The summed E-state index contributed by atoms with van der Waals surface area (Å²) in [6.45, 7) is 2.32. The number of pyridine rings is 1. The second-order valence-corrected chi connectivity index (χ2v) is 4.60. The highest BCUT2D eigenvalue weighted by Crippen LogP contribution is 2.29. The Bertz CT molecular complexity index is 596. The van der Waals surface area contributed by atoms with E-state index < -0.39 is 0 Å². The first kappa shape index (κ1) is 13.4. The van der Waals surface area contributed by atoms with Gasteiger partial charge in [-0.2, -0.15) is 0 Å². The van der Waals surface area contributed by atoms with Crippen molar-refractivity contribution >= 4 is 23.5 Å². The third-order valence-corrected chi connectivity index (χ3v) is 2.96. The minimum Gasteiger partial charge on any atom is -0.486 e. The van der Waals surface area contributed by atoms with Crippen LogP contribution in [0.4, 0.5) is 5.69 Å². The maximum Gasteiger partial charge on any atom is 0.169 e. The number of ether oxygens (including phenoxy) is 1. The number of hydrogen-bond acceptors (Lipinski definition) is 3. The summed E-state index contributed by atoms with van der Waals surface area (Å²) in [6, 6.07) is 7.23. The van der Waals surface area contributed by atoms with Crippen LogP contribution in [0.25, 0.3) is 0 Å². The van der Waals surface area contributed by atoms with Crippen LogP contribution in [0.2, 0.25) is 5.02 Å². The number of nitrogen functional groups attached to an aromatic ring is 1. The van der Waals surface area contributed by atoms with E-state index in [1.807, 2.05) is 19.1 Å². The van der Waals surface area contributed by atoms with Gasteiger partial charge in [0.15, 0.2) is 6.21 Å². The molecule has 2 aromatic rings. The van der Waals surface area contributed by atoms with Crippen LogP contribution in [-0.4, -0.2) is 11.2 Å². The van der Waals surface area contributed by atoms with Gasteiger partial charge in [-0.1, -0.05) is 17.7 Å². The number of benzene rings is 1. The lowest BCUT2D eigenvalue weighted by Crippen LogP contribution is -2.30. The predicted molar refractivity (Wildman–Crippen MR) is 76.3 cm³/mol. The second kappa shape index (κ2) is 5.71. The van der Waals surface area contributed by atoms with Gasteiger partial charge < -0.3 is 10.5 Å². The molecule has 0 saturated carbocycles. The summed E-state index contributed by atoms with van der Waals surface area (Å²) in [5.41, 5.74) is 8.97. The Kier molecular flexibility index (Phi) is 4.02. The van der Waals surface area contributed by atoms with E-state index >= 15 is 0 Å². The summed E-state index contributed by atoms with van der Waals surface area (Å²) >= 11 is 6.10. The van der Waals surface area contributed by atoms with Crippen LogP contribution in [0.15, 0.2) is 30.5 Å². The van der Waals surface area contributed by atoms with Gasteiger partial charge in [0.05, 0.1) is 16.3 Å². The molecule has 0 bridgehead atoms. The number of halogens is 1. The van der Waals surface area contributed by atoms with Gasteiger partial charge in [-0.15, -0.1) is 0 Å². The van der Waals surface area contributed by atoms with Crippen molar-refractivity contribution in [2.45, 2.75) is 13.5 Å². The first-order chi connectivity index (χ1) is 9.10. The minimum atomic E-state index is 0.338. The number of hydrogen-bond donors (Lipinski definition) is 2. The Morgan fingerprint density at radius 2 is 2.21 bits per heavy atom. The van der Waals surface area contributed by atoms with Gasteiger partial charge in [0.1, 0.15) is 12.4 Å². The summed E-state index contributed by atoms with van der Waals surface area (Å²) in [5.74, 6) is 0.521. The fourth-order valence-corrected chi connectivity index (χ4v) is 1.80. The maximum absolute atomic E-state index is 6.10. The summed E-state index contributed by atoms with van der Waals surface area (Å²) < 4.78 is 5.61. The van der Waals surface area contributed by atoms with Crippen LogP contribution >= 0.6 is 11.6 Å². The normalized spacial score (nSPS) is 10.2. The molecule has 0 radical (unpaired) electrons. The van der Waals surface area contributed by atoms with E-state index in [9.17, 15) is 0 Å². The molecule has 0 spiro atoms. The number of nitrogens with zero attached hydrogens (tertiary/aromatic N) is 1. The number of anilines is 1. The molecule has 0 amide bonds. The second-order valence-electron chi connectivity index (χ2n) is 4.19. The number of aromatic nitrogens is 1. The van der Waals surface area contributed by atoms with E-state index in [4.69, 9.17) is 27.5 Å². The lowest BCUT2D eigenvalue weighted by atomic mass is 10.2. The summed E-state index contributed by atoms with van der Waals surface area (Å²) in [6.07, 6.45) is 3.20. The molecule has 0 atom stereocenters. The zero-order valence-corrected chi connectivity index (χ0v) is 11.3. The van der Waals surface area contributed by atoms with Crippen LogP contribution in [-0.2, 0) is 6.61 Å². The zero-order valence-electron chi connectivity index (χ0n) is 10.6. The summed E-state index contributed by atoms with van der Waals surface area (Å²) in [4.78, 5) is 4.25. The van der Waals surface area contributed by atoms with Crippen molar-refractivity contribution in [2.75, 3.05) is 5.73 Å². The molecule has 0 aliphatic rings. The molecule has 1 aromatic heterocycles. The Labute approximate surface area is 116 Å². The molecule has 1 heterocycles. The number of aryl methyl sites for hydroxylation is 1. The van der Waals surface area contributed by atoms with Crippen LogP contribution in [0.1, 0.15) is 16.8 Å². The Balaban J connectivity index is 2.13. The van der Waals surface area contributed by atoms with Gasteiger partial charge in [0.25, 0.3) is 0 Å². The third kappa shape index (κ3) is 3.23. The topological polar surface area (TPSA) is 73.7 Å². The highest BCUT2D eigenvalue weighted by atomic mass is 35.5. The quantitative estimate of drug-likeness (QED) is 0.654. The molecule has 5 heteroatoms. The molecule has 4 N–H and O–H groups in total. The molecule has 2 rings (SSSR count). The highest BCUT2D eigenvalue weighted by molar-refractivity contribution is 6.32. The van der Waals surface area contributed by atoms with Crippen molar-refractivity contribution in [3.05, 3.63) is 52.3 Å². The molecule has 0 saturated heterocycles. The van der Waals surface area contributed by atoms with Gasteiger partial charge in [0.2, 0.25) is 0 Å². The third-order valence-electron chi connectivity index (χ3n) is 2.67. The van der Waals surface area contributed by atoms with Crippen molar-refractivity contribution in [3.8, 4) is 5.75 Å².